The number of methoxy groups -OCH3 is 1. The van der Waals surface area contributed by atoms with Gasteiger partial charge in [-0.3, -0.25) is 0 Å². The molecule has 0 bridgehead atoms. The summed E-state index contributed by atoms with van der Waals surface area (Å²) in [4.78, 5) is 4.14. The number of nitrogens with zero attached hydrogens (tertiary/aromatic N) is 1. The van der Waals surface area contributed by atoms with E-state index < -0.39 is 0 Å². The molecule has 1 N–H and O–H groups in total. The van der Waals surface area contributed by atoms with Gasteiger partial charge in [0.2, 0.25) is 5.88 Å². The van der Waals surface area contributed by atoms with E-state index in [2.05, 4.69) is 10.3 Å². The first-order valence-corrected chi connectivity index (χ1v) is 5.25. The molecule has 1 aromatic heterocycles. The first kappa shape index (κ1) is 10.2. The molecule has 4 heteroatoms. The van der Waals surface area contributed by atoms with E-state index in [1.54, 1.807) is 13.3 Å². The Balaban J connectivity index is 1.82. The fourth-order valence-electron chi connectivity index (χ4n) is 1.66. The van der Waals surface area contributed by atoms with Gasteiger partial charge in [-0.25, -0.2) is 4.98 Å². The molecule has 0 spiro atoms. The molecule has 1 fully saturated rings. The van der Waals surface area contributed by atoms with Crippen molar-refractivity contribution in [2.45, 2.75) is 18.9 Å². The van der Waals surface area contributed by atoms with Crippen LogP contribution in [0.2, 0.25) is 0 Å². The van der Waals surface area contributed by atoms with Crippen LogP contribution in [0.1, 0.15) is 12.8 Å². The second-order valence-corrected chi connectivity index (χ2v) is 3.64. The summed E-state index contributed by atoms with van der Waals surface area (Å²) in [6.07, 6.45) is 4.09. The van der Waals surface area contributed by atoms with Crippen molar-refractivity contribution in [1.82, 2.24) is 10.3 Å². The summed E-state index contributed by atoms with van der Waals surface area (Å²) in [6.45, 7) is 1.80. The van der Waals surface area contributed by atoms with E-state index >= 15 is 0 Å². The molecule has 2 rings (SSSR count). The minimum atomic E-state index is 0.480. The van der Waals surface area contributed by atoms with Gasteiger partial charge in [-0.2, -0.15) is 0 Å². The monoisotopic (exact) mass is 208 g/mol. The van der Waals surface area contributed by atoms with E-state index in [4.69, 9.17) is 9.47 Å². The first-order chi connectivity index (χ1) is 7.38. The van der Waals surface area contributed by atoms with Crippen LogP contribution in [0.15, 0.2) is 18.3 Å². The SMILES string of the molecule is COc1ccc(OCC2CCCN2)nc1. The standard InChI is InChI=1S/C11H16N2O2/c1-14-10-4-5-11(13-7-10)15-8-9-3-2-6-12-9/h4-5,7,9,12H,2-3,6,8H2,1H3. The molecule has 15 heavy (non-hydrogen) atoms. The lowest BCUT2D eigenvalue weighted by Crippen LogP contribution is -2.28. The largest absolute Gasteiger partial charge is 0.495 e. The van der Waals surface area contributed by atoms with Gasteiger partial charge >= 0.3 is 0 Å². The highest BCUT2D eigenvalue weighted by atomic mass is 16.5. The van der Waals surface area contributed by atoms with Gasteiger partial charge in [0.05, 0.1) is 13.3 Å². The molecule has 1 aliphatic rings. The van der Waals surface area contributed by atoms with Crippen LogP contribution in [0.4, 0.5) is 0 Å². The Morgan fingerprint density at radius 3 is 3.07 bits per heavy atom. The zero-order valence-corrected chi connectivity index (χ0v) is 8.90. The Morgan fingerprint density at radius 2 is 2.47 bits per heavy atom. The molecule has 0 aromatic carbocycles. The van der Waals surface area contributed by atoms with Crippen LogP contribution < -0.4 is 14.8 Å². The number of rotatable bonds is 4. The van der Waals surface area contributed by atoms with E-state index in [-0.39, 0.29) is 0 Å². The fourth-order valence-corrected chi connectivity index (χ4v) is 1.66. The van der Waals surface area contributed by atoms with E-state index in [1.165, 1.54) is 12.8 Å². The van der Waals surface area contributed by atoms with Crippen LogP contribution in [-0.4, -0.2) is 31.3 Å². The van der Waals surface area contributed by atoms with Gasteiger partial charge in [0.1, 0.15) is 12.4 Å². The predicted molar refractivity (Wildman–Crippen MR) is 57.3 cm³/mol. The maximum Gasteiger partial charge on any atom is 0.213 e. The highest BCUT2D eigenvalue weighted by molar-refractivity contribution is 5.22. The molecule has 82 valence electrons. The Hall–Kier alpha value is -1.29. The third-order valence-corrected chi connectivity index (χ3v) is 2.54. The van der Waals surface area contributed by atoms with Gasteiger partial charge in [0, 0.05) is 12.1 Å². The predicted octanol–water partition coefficient (Wildman–Crippen LogP) is 1.22. The van der Waals surface area contributed by atoms with Crippen molar-refractivity contribution >= 4 is 0 Å². The summed E-state index contributed by atoms with van der Waals surface area (Å²) in [5, 5.41) is 3.37. The average Bonchev–Trinajstić information content (AvgIpc) is 2.80. The number of nitrogens with one attached hydrogen (secondary N) is 1. The summed E-state index contributed by atoms with van der Waals surface area (Å²) in [5.74, 6) is 1.41. The molecule has 0 saturated carbocycles. The van der Waals surface area contributed by atoms with Crippen molar-refractivity contribution in [3.05, 3.63) is 18.3 Å². The molecular formula is C11H16N2O2. The minimum Gasteiger partial charge on any atom is -0.495 e. The fraction of sp³-hybridized carbons (Fsp3) is 0.545. The summed E-state index contributed by atoms with van der Waals surface area (Å²) in [7, 11) is 1.62. The normalized spacial score (nSPS) is 20.2. The van der Waals surface area contributed by atoms with Crippen molar-refractivity contribution in [2.24, 2.45) is 0 Å². The van der Waals surface area contributed by atoms with Gasteiger partial charge in [-0.15, -0.1) is 0 Å². The highest BCUT2D eigenvalue weighted by Crippen LogP contribution is 2.14. The molecule has 1 atom stereocenters. The van der Waals surface area contributed by atoms with Gasteiger partial charge in [-0.05, 0) is 25.5 Å². The number of pyridine rings is 1. The Bertz CT molecular complexity index is 294. The zero-order valence-electron chi connectivity index (χ0n) is 8.90. The lowest BCUT2D eigenvalue weighted by atomic mass is 10.2. The number of ether oxygens (including phenoxy) is 2. The Morgan fingerprint density at radius 1 is 1.53 bits per heavy atom. The van der Waals surface area contributed by atoms with E-state index in [0.717, 1.165) is 12.3 Å². The van der Waals surface area contributed by atoms with E-state index in [0.29, 0.717) is 18.5 Å². The topological polar surface area (TPSA) is 43.4 Å². The van der Waals surface area contributed by atoms with Crippen LogP contribution in [0.5, 0.6) is 11.6 Å². The van der Waals surface area contributed by atoms with Crippen LogP contribution in [0, 0.1) is 0 Å². The summed E-state index contributed by atoms with van der Waals surface area (Å²) in [6, 6.07) is 4.16. The van der Waals surface area contributed by atoms with Gasteiger partial charge in [0.25, 0.3) is 0 Å². The van der Waals surface area contributed by atoms with Crippen molar-refractivity contribution in [1.29, 1.82) is 0 Å². The third-order valence-electron chi connectivity index (χ3n) is 2.54. The lowest BCUT2D eigenvalue weighted by molar-refractivity contribution is 0.267. The average molecular weight is 208 g/mol. The van der Waals surface area contributed by atoms with E-state index in [9.17, 15) is 0 Å². The van der Waals surface area contributed by atoms with Crippen molar-refractivity contribution in [3.63, 3.8) is 0 Å². The molecular weight excluding hydrogens is 192 g/mol. The second-order valence-electron chi connectivity index (χ2n) is 3.64. The minimum absolute atomic E-state index is 0.480. The lowest BCUT2D eigenvalue weighted by Gasteiger charge is -2.11. The molecule has 1 saturated heterocycles. The van der Waals surface area contributed by atoms with Crippen LogP contribution >= 0.6 is 0 Å². The molecule has 0 amide bonds. The number of aromatic nitrogens is 1. The molecule has 0 radical (unpaired) electrons. The van der Waals surface area contributed by atoms with Crippen molar-refractivity contribution < 1.29 is 9.47 Å². The molecule has 1 aromatic rings. The first-order valence-electron chi connectivity index (χ1n) is 5.25. The van der Waals surface area contributed by atoms with E-state index in [1.807, 2.05) is 12.1 Å². The molecule has 1 aliphatic heterocycles. The highest BCUT2D eigenvalue weighted by Gasteiger charge is 2.14. The van der Waals surface area contributed by atoms with Gasteiger partial charge < -0.3 is 14.8 Å². The Kier molecular flexibility index (Phi) is 3.40. The quantitative estimate of drug-likeness (QED) is 0.808. The van der Waals surface area contributed by atoms with Crippen LogP contribution in [0.25, 0.3) is 0 Å². The Labute approximate surface area is 89.6 Å². The van der Waals surface area contributed by atoms with Crippen molar-refractivity contribution in [2.75, 3.05) is 20.3 Å². The molecule has 0 aliphatic carbocycles. The van der Waals surface area contributed by atoms with Crippen molar-refractivity contribution in [3.8, 4) is 11.6 Å². The second kappa shape index (κ2) is 4.98. The summed E-state index contributed by atoms with van der Waals surface area (Å²) >= 11 is 0. The smallest absolute Gasteiger partial charge is 0.213 e. The van der Waals surface area contributed by atoms with Crippen LogP contribution in [-0.2, 0) is 0 Å². The molecule has 2 heterocycles. The maximum absolute atomic E-state index is 5.56. The molecule has 4 nitrogen and oxygen atoms in total. The van der Waals surface area contributed by atoms with Gasteiger partial charge in [-0.1, -0.05) is 0 Å². The van der Waals surface area contributed by atoms with Crippen LogP contribution in [0.3, 0.4) is 0 Å². The zero-order chi connectivity index (χ0) is 10.5. The molecule has 1 unspecified atom stereocenters. The van der Waals surface area contributed by atoms with Gasteiger partial charge in [0.15, 0.2) is 0 Å². The number of hydrogen-bond acceptors (Lipinski definition) is 4. The summed E-state index contributed by atoms with van der Waals surface area (Å²) in [5.41, 5.74) is 0. The maximum atomic E-state index is 5.56. The summed E-state index contributed by atoms with van der Waals surface area (Å²) < 4.78 is 10.6. The number of hydrogen-bond donors (Lipinski definition) is 1. The third kappa shape index (κ3) is 2.83.